The molecular weight excluding hydrogens is 272 g/mol. The molecule has 0 aliphatic carbocycles. The molecular formula is C13H16N6O2. The Kier molecular flexibility index (Phi) is 4.17. The van der Waals surface area contributed by atoms with Gasteiger partial charge < -0.3 is 16.0 Å². The van der Waals surface area contributed by atoms with Gasteiger partial charge in [0.15, 0.2) is 5.82 Å². The first-order valence-electron chi connectivity index (χ1n) is 6.22. The van der Waals surface area contributed by atoms with Crippen LogP contribution in [0.4, 0.5) is 11.6 Å². The number of pyridine rings is 1. The van der Waals surface area contributed by atoms with Crippen LogP contribution >= 0.6 is 0 Å². The zero-order valence-electron chi connectivity index (χ0n) is 11.8. The van der Waals surface area contributed by atoms with Gasteiger partial charge >= 0.3 is 0 Å². The third-order valence-corrected chi connectivity index (χ3v) is 2.67. The van der Waals surface area contributed by atoms with Crippen molar-refractivity contribution >= 4 is 23.5 Å². The predicted octanol–water partition coefficient (Wildman–Crippen LogP) is 0.0817. The second kappa shape index (κ2) is 6.04. The number of nitrogens with zero attached hydrogens (tertiary/aromatic N) is 4. The smallest absolute Gasteiger partial charge is 0.258 e. The molecule has 0 aliphatic heterocycles. The average molecular weight is 288 g/mol. The minimum atomic E-state index is -0.501. The van der Waals surface area contributed by atoms with Gasteiger partial charge in [-0.3, -0.25) is 14.3 Å². The minimum absolute atomic E-state index is 0.0328. The van der Waals surface area contributed by atoms with E-state index in [9.17, 15) is 9.59 Å². The first kappa shape index (κ1) is 14.5. The van der Waals surface area contributed by atoms with Gasteiger partial charge in [-0.05, 0) is 12.1 Å². The number of rotatable bonds is 5. The Labute approximate surface area is 121 Å². The number of carbonyl (C=O) groups excluding carboxylic acids is 2. The molecule has 0 atom stereocenters. The summed E-state index contributed by atoms with van der Waals surface area (Å²) in [4.78, 5) is 28.8. The fourth-order valence-electron chi connectivity index (χ4n) is 1.65. The van der Waals surface area contributed by atoms with Crippen LogP contribution in [0, 0.1) is 0 Å². The molecule has 110 valence electrons. The average Bonchev–Trinajstić information content (AvgIpc) is 2.85. The van der Waals surface area contributed by atoms with Crippen molar-refractivity contribution in [3.63, 3.8) is 0 Å². The molecule has 0 saturated carbocycles. The van der Waals surface area contributed by atoms with Gasteiger partial charge in [0.2, 0.25) is 5.91 Å². The van der Waals surface area contributed by atoms with Crippen molar-refractivity contribution in [3.8, 4) is 0 Å². The van der Waals surface area contributed by atoms with Crippen molar-refractivity contribution in [2.75, 3.05) is 24.3 Å². The van der Waals surface area contributed by atoms with E-state index in [0.717, 1.165) is 5.82 Å². The highest BCUT2D eigenvalue weighted by Crippen LogP contribution is 2.10. The summed E-state index contributed by atoms with van der Waals surface area (Å²) in [5.41, 5.74) is 5.49. The lowest BCUT2D eigenvalue weighted by Gasteiger charge is -2.10. The lowest BCUT2D eigenvalue weighted by Crippen LogP contribution is -2.19. The molecule has 2 heterocycles. The van der Waals surface area contributed by atoms with Gasteiger partial charge in [0, 0.05) is 32.6 Å². The van der Waals surface area contributed by atoms with Crippen LogP contribution < -0.4 is 16.0 Å². The van der Waals surface area contributed by atoms with Gasteiger partial charge in [0.05, 0.1) is 5.56 Å². The number of primary amides is 1. The van der Waals surface area contributed by atoms with E-state index in [2.05, 4.69) is 15.4 Å². The normalized spacial score (nSPS) is 10.2. The first-order valence-corrected chi connectivity index (χ1v) is 6.22. The molecule has 0 spiro atoms. The Bertz CT molecular complexity index is 647. The topological polar surface area (TPSA) is 106 Å². The van der Waals surface area contributed by atoms with Crippen LogP contribution in [0.1, 0.15) is 10.4 Å². The Morgan fingerprint density at radius 3 is 2.67 bits per heavy atom. The summed E-state index contributed by atoms with van der Waals surface area (Å²) in [6.45, 7) is -0.0328. The molecule has 2 rings (SSSR count). The lowest BCUT2D eigenvalue weighted by atomic mass is 10.2. The SMILES string of the molecule is CN(C)c1ccc(C(=O)Nc2ccn(CC(N)=O)n2)cn1. The maximum atomic E-state index is 12.0. The molecule has 2 amide bonds. The fraction of sp³-hybridized carbons (Fsp3) is 0.231. The van der Waals surface area contributed by atoms with E-state index in [4.69, 9.17) is 5.73 Å². The number of anilines is 2. The summed E-state index contributed by atoms with van der Waals surface area (Å²) < 4.78 is 1.35. The van der Waals surface area contributed by atoms with Crippen molar-refractivity contribution in [2.45, 2.75) is 6.54 Å². The summed E-state index contributed by atoms with van der Waals surface area (Å²) in [5, 5.41) is 6.64. The molecule has 2 aromatic heterocycles. The lowest BCUT2D eigenvalue weighted by molar-refractivity contribution is -0.118. The molecule has 0 saturated heterocycles. The highest BCUT2D eigenvalue weighted by Gasteiger charge is 2.09. The highest BCUT2D eigenvalue weighted by atomic mass is 16.2. The van der Waals surface area contributed by atoms with Crippen molar-refractivity contribution < 1.29 is 9.59 Å². The monoisotopic (exact) mass is 288 g/mol. The van der Waals surface area contributed by atoms with Crippen molar-refractivity contribution in [3.05, 3.63) is 36.2 Å². The number of hydrogen-bond donors (Lipinski definition) is 2. The molecule has 0 unspecified atom stereocenters. The van der Waals surface area contributed by atoms with Gasteiger partial charge in [-0.15, -0.1) is 0 Å². The van der Waals surface area contributed by atoms with Crippen LogP contribution in [0.25, 0.3) is 0 Å². The number of nitrogens with one attached hydrogen (secondary N) is 1. The molecule has 3 N–H and O–H groups in total. The second-order valence-electron chi connectivity index (χ2n) is 4.62. The maximum Gasteiger partial charge on any atom is 0.258 e. The van der Waals surface area contributed by atoms with E-state index < -0.39 is 5.91 Å². The summed E-state index contributed by atoms with van der Waals surface area (Å²) in [6, 6.07) is 5.02. The molecule has 8 nitrogen and oxygen atoms in total. The Morgan fingerprint density at radius 1 is 1.33 bits per heavy atom. The standard InChI is InChI=1S/C13H16N6O2/c1-18(2)12-4-3-9(7-15-12)13(21)16-11-5-6-19(17-11)8-10(14)20/h3-7H,8H2,1-2H3,(H2,14,20)(H,16,17,21). The van der Waals surface area contributed by atoms with Crippen molar-refractivity contribution in [2.24, 2.45) is 5.73 Å². The number of nitrogens with two attached hydrogens (primary N) is 1. The van der Waals surface area contributed by atoms with Gasteiger partial charge in [-0.25, -0.2) is 4.98 Å². The van der Waals surface area contributed by atoms with Gasteiger partial charge in [0.1, 0.15) is 12.4 Å². The summed E-state index contributed by atoms with van der Waals surface area (Å²) in [7, 11) is 3.74. The van der Waals surface area contributed by atoms with E-state index in [1.165, 1.54) is 10.9 Å². The molecule has 0 aromatic carbocycles. The van der Waals surface area contributed by atoms with Gasteiger partial charge in [-0.1, -0.05) is 0 Å². The third-order valence-electron chi connectivity index (χ3n) is 2.67. The van der Waals surface area contributed by atoms with Crippen LogP contribution in [0.5, 0.6) is 0 Å². The Balaban J connectivity index is 2.03. The summed E-state index contributed by atoms with van der Waals surface area (Å²) in [5.74, 6) is 0.284. The summed E-state index contributed by atoms with van der Waals surface area (Å²) in [6.07, 6.45) is 3.05. The zero-order valence-corrected chi connectivity index (χ0v) is 11.8. The fourth-order valence-corrected chi connectivity index (χ4v) is 1.65. The van der Waals surface area contributed by atoms with Crippen LogP contribution in [0.2, 0.25) is 0 Å². The van der Waals surface area contributed by atoms with E-state index in [1.54, 1.807) is 24.4 Å². The Hall–Kier alpha value is -2.90. The van der Waals surface area contributed by atoms with Gasteiger partial charge in [-0.2, -0.15) is 5.10 Å². The largest absolute Gasteiger partial charge is 0.368 e. The molecule has 21 heavy (non-hydrogen) atoms. The van der Waals surface area contributed by atoms with Crippen LogP contribution in [-0.4, -0.2) is 40.7 Å². The van der Waals surface area contributed by atoms with Crippen molar-refractivity contribution in [1.82, 2.24) is 14.8 Å². The quantitative estimate of drug-likeness (QED) is 0.810. The molecule has 0 bridgehead atoms. The van der Waals surface area contributed by atoms with Crippen LogP contribution in [0.3, 0.4) is 0 Å². The summed E-state index contributed by atoms with van der Waals surface area (Å²) >= 11 is 0. The zero-order chi connectivity index (χ0) is 15.4. The number of amides is 2. The Morgan fingerprint density at radius 2 is 2.10 bits per heavy atom. The van der Waals surface area contributed by atoms with E-state index in [0.29, 0.717) is 11.4 Å². The van der Waals surface area contributed by atoms with E-state index in [-0.39, 0.29) is 12.5 Å². The molecule has 0 radical (unpaired) electrons. The molecule has 8 heteroatoms. The minimum Gasteiger partial charge on any atom is -0.368 e. The van der Waals surface area contributed by atoms with Crippen LogP contribution in [0.15, 0.2) is 30.6 Å². The number of hydrogen-bond acceptors (Lipinski definition) is 5. The molecule has 0 fully saturated rings. The second-order valence-corrected chi connectivity index (χ2v) is 4.62. The number of aromatic nitrogens is 3. The predicted molar refractivity (Wildman–Crippen MR) is 77.9 cm³/mol. The first-order chi connectivity index (χ1) is 9.95. The maximum absolute atomic E-state index is 12.0. The number of carbonyl (C=O) groups is 2. The van der Waals surface area contributed by atoms with Crippen LogP contribution in [-0.2, 0) is 11.3 Å². The molecule has 0 aliphatic rings. The molecule has 2 aromatic rings. The van der Waals surface area contributed by atoms with Crippen molar-refractivity contribution in [1.29, 1.82) is 0 Å². The van der Waals surface area contributed by atoms with E-state index >= 15 is 0 Å². The van der Waals surface area contributed by atoms with Gasteiger partial charge in [0.25, 0.3) is 5.91 Å². The third kappa shape index (κ3) is 3.78. The van der Waals surface area contributed by atoms with E-state index in [1.807, 2.05) is 19.0 Å². The highest BCUT2D eigenvalue weighted by molar-refractivity contribution is 6.03.